The third kappa shape index (κ3) is 2.32. The molecule has 3 unspecified atom stereocenters. The van der Waals surface area contributed by atoms with Crippen molar-refractivity contribution in [2.75, 3.05) is 6.61 Å². The summed E-state index contributed by atoms with van der Waals surface area (Å²) in [5.74, 6) is -0.581. The van der Waals surface area contributed by atoms with Gasteiger partial charge in [0.1, 0.15) is 5.75 Å². The fourth-order valence-electron chi connectivity index (χ4n) is 2.34. The molecule has 1 fully saturated rings. The second-order valence-electron chi connectivity index (χ2n) is 4.39. The highest BCUT2D eigenvalue weighted by Gasteiger charge is 2.40. The van der Waals surface area contributed by atoms with Gasteiger partial charge in [-0.1, -0.05) is 18.2 Å². The van der Waals surface area contributed by atoms with Crippen molar-refractivity contribution in [3.05, 3.63) is 29.8 Å². The summed E-state index contributed by atoms with van der Waals surface area (Å²) in [7, 11) is 0. The monoisotopic (exact) mass is 250 g/mol. The second-order valence-corrected chi connectivity index (χ2v) is 4.39. The van der Waals surface area contributed by atoms with Crippen molar-refractivity contribution in [3.8, 4) is 5.75 Å². The second kappa shape index (κ2) is 5.37. The normalized spacial score (nSPS) is 27.1. The van der Waals surface area contributed by atoms with Crippen LogP contribution in [0.25, 0.3) is 0 Å². The van der Waals surface area contributed by atoms with Gasteiger partial charge in [-0.15, -0.1) is 0 Å². The molecule has 1 saturated heterocycles. The Morgan fingerprint density at radius 3 is 2.78 bits per heavy atom. The maximum Gasteiger partial charge on any atom is 0.310 e. The molecule has 1 aromatic carbocycles. The van der Waals surface area contributed by atoms with E-state index in [0.29, 0.717) is 6.61 Å². The lowest BCUT2D eigenvalue weighted by Gasteiger charge is -2.19. The zero-order valence-corrected chi connectivity index (χ0v) is 10.5. The maximum absolute atomic E-state index is 11.3. The molecule has 5 nitrogen and oxygen atoms in total. The Kier molecular flexibility index (Phi) is 3.84. The van der Waals surface area contributed by atoms with E-state index in [-0.39, 0.29) is 12.1 Å². The Morgan fingerprint density at radius 2 is 2.11 bits per heavy atom. The molecule has 0 spiro atoms. The standard InChI is InChI=1S/C13H18N2O3/c1-3-18-10-7-5-4-6-9(10)12-11(13(16)17)8(2)14-15-12/h4-8,11-12,14-15H,3H2,1-2H3,(H,16,17). The molecular formula is C13H18N2O3. The van der Waals surface area contributed by atoms with Crippen molar-refractivity contribution in [1.82, 2.24) is 10.9 Å². The van der Waals surface area contributed by atoms with Gasteiger partial charge in [0.2, 0.25) is 0 Å². The molecule has 0 bridgehead atoms. The van der Waals surface area contributed by atoms with Gasteiger partial charge in [-0.05, 0) is 19.9 Å². The van der Waals surface area contributed by atoms with Crippen LogP contribution in [0, 0.1) is 5.92 Å². The zero-order valence-electron chi connectivity index (χ0n) is 10.5. The van der Waals surface area contributed by atoms with Crippen LogP contribution in [0.5, 0.6) is 5.75 Å². The summed E-state index contributed by atoms with van der Waals surface area (Å²) in [5, 5.41) is 9.32. The first-order valence-electron chi connectivity index (χ1n) is 6.10. The number of carboxylic acid groups (broad SMARTS) is 1. The third-order valence-electron chi connectivity index (χ3n) is 3.20. The largest absolute Gasteiger partial charge is 0.494 e. The number of carbonyl (C=O) groups is 1. The molecule has 98 valence electrons. The van der Waals surface area contributed by atoms with E-state index in [0.717, 1.165) is 11.3 Å². The average molecular weight is 250 g/mol. The summed E-state index contributed by atoms with van der Waals surface area (Å²) < 4.78 is 5.55. The molecule has 5 heteroatoms. The van der Waals surface area contributed by atoms with Gasteiger partial charge < -0.3 is 9.84 Å². The predicted octanol–water partition coefficient (Wildman–Crippen LogP) is 1.32. The number of carboxylic acids is 1. The molecule has 0 saturated carbocycles. The molecule has 1 aliphatic heterocycles. The molecular weight excluding hydrogens is 232 g/mol. The van der Waals surface area contributed by atoms with E-state index in [1.54, 1.807) is 0 Å². The summed E-state index contributed by atoms with van der Waals surface area (Å²) in [5.41, 5.74) is 6.90. The number of hydrazine groups is 1. The van der Waals surface area contributed by atoms with Crippen LogP contribution < -0.4 is 15.6 Å². The van der Waals surface area contributed by atoms with Crippen LogP contribution in [0.3, 0.4) is 0 Å². The predicted molar refractivity (Wildman–Crippen MR) is 67.2 cm³/mol. The number of nitrogens with one attached hydrogen (secondary N) is 2. The van der Waals surface area contributed by atoms with Gasteiger partial charge in [0, 0.05) is 11.6 Å². The lowest BCUT2D eigenvalue weighted by molar-refractivity contribution is -0.142. The molecule has 1 aliphatic rings. The van der Waals surface area contributed by atoms with Crippen LogP contribution in [-0.4, -0.2) is 23.7 Å². The minimum absolute atomic E-state index is 0.123. The van der Waals surface area contributed by atoms with Crippen LogP contribution in [0.2, 0.25) is 0 Å². The molecule has 1 heterocycles. The van der Waals surface area contributed by atoms with E-state index >= 15 is 0 Å². The van der Waals surface area contributed by atoms with E-state index < -0.39 is 11.9 Å². The van der Waals surface area contributed by atoms with Crippen molar-refractivity contribution in [2.45, 2.75) is 25.9 Å². The highest BCUT2D eigenvalue weighted by Crippen LogP contribution is 2.34. The number of para-hydroxylation sites is 1. The van der Waals surface area contributed by atoms with Crippen molar-refractivity contribution in [2.24, 2.45) is 5.92 Å². The molecule has 1 aromatic rings. The number of hydrogen-bond donors (Lipinski definition) is 3. The van der Waals surface area contributed by atoms with Gasteiger partial charge in [-0.25, -0.2) is 5.43 Å². The molecule has 3 atom stereocenters. The lowest BCUT2D eigenvalue weighted by Crippen LogP contribution is -2.30. The summed E-state index contributed by atoms with van der Waals surface area (Å²) in [6.07, 6.45) is 0. The molecule has 18 heavy (non-hydrogen) atoms. The smallest absolute Gasteiger partial charge is 0.310 e. The molecule has 2 rings (SSSR count). The van der Waals surface area contributed by atoms with Crippen LogP contribution in [-0.2, 0) is 4.79 Å². The van der Waals surface area contributed by atoms with Gasteiger partial charge >= 0.3 is 5.97 Å². The van der Waals surface area contributed by atoms with Crippen molar-refractivity contribution in [1.29, 1.82) is 0 Å². The van der Waals surface area contributed by atoms with Crippen molar-refractivity contribution in [3.63, 3.8) is 0 Å². The van der Waals surface area contributed by atoms with E-state index in [9.17, 15) is 9.90 Å². The van der Waals surface area contributed by atoms with E-state index in [1.165, 1.54) is 0 Å². The first-order chi connectivity index (χ1) is 8.65. The van der Waals surface area contributed by atoms with Crippen LogP contribution >= 0.6 is 0 Å². The Bertz CT molecular complexity index is 436. The van der Waals surface area contributed by atoms with Gasteiger partial charge in [-0.3, -0.25) is 10.2 Å². The Balaban J connectivity index is 2.33. The SMILES string of the molecule is CCOc1ccccc1C1NNC(C)C1C(=O)O. The molecule has 0 aromatic heterocycles. The summed E-state index contributed by atoms with van der Waals surface area (Å²) in [4.78, 5) is 11.3. The lowest BCUT2D eigenvalue weighted by atomic mass is 9.90. The first-order valence-corrected chi connectivity index (χ1v) is 6.10. The van der Waals surface area contributed by atoms with Crippen LogP contribution in [0.4, 0.5) is 0 Å². The maximum atomic E-state index is 11.3. The minimum atomic E-state index is -0.809. The van der Waals surface area contributed by atoms with E-state index in [4.69, 9.17) is 4.74 Å². The zero-order chi connectivity index (χ0) is 13.1. The summed E-state index contributed by atoms with van der Waals surface area (Å²) >= 11 is 0. The number of rotatable bonds is 4. The van der Waals surface area contributed by atoms with Crippen LogP contribution in [0.15, 0.2) is 24.3 Å². The molecule has 3 N–H and O–H groups in total. The van der Waals surface area contributed by atoms with Gasteiger partial charge in [0.05, 0.1) is 18.6 Å². The van der Waals surface area contributed by atoms with E-state index in [1.807, 2.05) is 38.1 Å². The first kappa shape index (κ1) is 12.9. The number of benzene rings is 1. The Hall–Kier alpha value is -1.59. The molecule has 0 aliphatic carbocycles. The highest BCUT2D eigenvalue weighted by atomic mass is 16.5. The quantitative estimate of drug-likeness (QED) is 0.752. The highest BCUT2D eigenvalue weighted by molar-refractivity contribution is 5.73. The number of aliphatic carboxylic acids is 1. The van der Waals surface area contributed by atoms with Crippen molar-refractivity contribution < 1.29 is 14.6 Å². The average Bonchev–Trinajstić information content (AvgIpc) is 2.72. The Morgan fingerprint density at radius 1 is 1.39 bits per heavy atom. The summed E-state index contributed by atoms with van der Waals surface area (Å²) in [6, 6.07) is 7.14. The number of hydrogen-bond acceptors (Lipinski definition) is 4. The van der Waals surface area contributed by atoms with E-state index in [2.05, 4.69) is 10.9 Å². The number of ether oxygens (including phenoxy) is 1. The topological polar surface area (TPSA) is 70.6 Å². The van der Waals surface area contributed by atoms with Crippen LogP contribution in [0.1, 0.15) is 25.5 Å². The van der Waals surface area contributed by atoms with Gasteiger partial charge in [0.15, 0.2) is 0 Å². The fraction of sp³-hybridized carbons (Fsp3) is 0.462. The van der Waals surface area contributed by atoms with Gasteiger partial charge in [-0.2, -0.15) is 0 Å². The minimum Gasteiger partial charge on any atom is -0.494 e. The van der Waals surface area contributed by atoms with Gasteiger partial charge in [0.25, 0.3) is 0 Å². The third-order valence-corrected chi connectivity index (χ3v) is 3.20. The van der Waals surface area contributed by atoms with Crippen molar-refractivity contribution >= 4 is 5.97 Å². The fourth-order valence-corrected chi connectivity index (χ4v) is 2.34. The Labute approximate surface area is 106 Å². The molecule has 0 radical (unpaired) electrons. The molecule has 0 amide bonds. The summed E-state index contributed by atoms with van der Waals surface area (Å²) in [6.45, 7) is 4.33.